The molecule has 0 spiro atoms. The van der Waals surface area contributed by atoms with E-state index in [0.717, 1.165) is 14.5 Å². The van der Waals surface area contributed by atoms with Crippen molar-refractivity contribution in [2.75, 3.05) is 0 Å². The van der Waals surface area contributed by atoms with E-state index in [1.54, 1.807) is 22.3 Å². The number of allylic oxidation sites excluding steroid dienone is 2. The third-order valence-electron chi connectivity index (χ3n) is 7.51. The summed E-state index contributed by atoms with van der Waals surface area (Å²) >= 11 is -2.52. The van der Waals surface area contributed by atoms with Crippen LogP contribution in [-0.2, 0) is 20.3 Å². The fraction of sp³-hybridized carbons (Fsp3) is 0.333. The van der Waals surface area contributed by atoms with E-state index in [9.17, 15) is 0 Å². The van der Waals surface area contributed by atoms with Crippen LogP contribution in [0.15, 0.2) is 59.7 Å². The molecule has 2 aliphatic carbocycles. The summed E-state index contributed by atoms with van der Waals surface area (Å²) in [7, 11) is 0. The van der Waals surface area contributed by atoms with E-state index in [2.05, 4.69) is 88.4 Å². The standard InChI is InChI=1S/2C10H9.C4H8.2ClH.Zr/c2*1-8-6-9-4-2-3-5-10(9)7-8;1-3-4-2;;;/h2*2-7H,1H3;3-4H,1-2H3;2*1H;/q;;;;;+2/p-2. The molecular weight excluding hydrogens is 450 g/mol. The van der Waals surface area contributed by atoms with Crippen molar-refractivity contribution in [1.29, 1.82) is 0 Å². The molecule has 1 heterocycles. The summed E-state index contributed by atoms with van der Waals surface area (Å²) in [6.07, 6.45) is 4.96. The summed E-state index contributed by atoms with van der Waals surface area (Å²) < 4.78 is 3.42. The summed E-state index contributed by atoms with van der Waals surface area (Å²) in [5.74, 6) is 0. The number of halogens is 2. The Morgan fingerprint density at radius 3 is 1.37 bits per heavy atom. The van der Waals surface area contributed by atoms with Crippen LogP contribution in [0.25, 0.3) is 12.2 Å². The normalized spacial score (nSPS) is 30.1. The van der Waals surface area contributed by atoms with E-state index in [1.165, 1.54) is 11.1 Å². The van der Waals surface area contributed by atoms with Gasteiger partial charge in [-0.25, -0.2) is 0 Å². The molecule has 0 saturated carbocycles. The Morgan fingerprint density at radius 1 is 0.630 bits per heavy atom. The minimum Gasteiger partial charge on any atom is -1.00 e. The third-order valence-corrected chi connectivity index (χ3v) is 25.5. The number of hydrogen-bond acceptors (Lipinski definition) is 0. The molecule has 4 unspecified atom stereocenters. The molecule has 0 N–H and O–H groups in total. The smallest absolute Gasteiger partial charge is 1.00 e. The quantitative estimate of drug-likeness (QED) is 0.609. The number of benzene rings is 2. The molecule has 0 bridgehead atoms. The van der Waals surface area contributed by atoms with Crippen LogP contribution in [0, 0.1) is 0 Å². The zero-order chi connectivity index (χ0) is 17.3. The van der Waals surface area contributed by atoms with Crippen LogP contribution in [0.4, 0.5) is 0 Å². The maximum absolute atomic E-state index is 2.57. The van der Waals surface area contributed by atoms with Gasteiger partial charge in [-0.15, -0.1) is 0 Å². The van der Waals surface area contributed by atoms with Gasteiger partial charge < -0.3 is 24.8 Å². The van der Waals surface area contributed by atoms with Crippen LogP contribution in [0.1, 0.15) is 57.2 Å². The van der Waals surface area contributed by atoms with Crippen LogP contribution < -0.4 is 24.8 Å². The molecule has 2 aromatic rings. The van der Waals surface area contributed by atoms with Gasteiger partial charge in [-0.3, -0.25) is 0 Å². The molecule has 1 fully saturated rings. The first-order chi connectivity index (χ1) is 12.1. The molecule has 0 amide bonds. The Hall–Kier alpha value is -0.617. The fourth-order valence-electron chi connectivity index (χ4n) is 6.34. The average molecular weight is 477 g/mol. The van der Waals surface area contributed by atoms with Gasteiger partial charge in [0.15, 0.2) is 0 Å². The Kier molecular flexibility index (Phi) is 5.73. The summed E-state index contributed by atoms with van der Waals surface area (Å²) in [6.45, 7) is 9.95. The molecule has 27 heavy (non-hydrogen) atoms. The predicted molar refractivity (Wildman–Crippen MR) is 105 cm³/mol. The Morgan fingerprint density at radius 2 is 1.00 bits per heavy atom. The molecule has 5 rings (SSSR count). The molecular formula is C24H26Cl2Zr. The van der Waals surface area contributed by atoms with Gasteiger partial charge in [0, 0.05) is 0 Å². The van der Waals surface area contributed by atoms with E-state index in [-0.39, 0.29) is 24.8 Å². The Labute approximate surface area is 180 Å². The molecule has 3 aliphatic rings. The molecule has 0 aromatic heterocycles. The first-order valence-corrected chi connectivity index (χ1v) is 15.3. The van der Waals surface area contributed by atoms with Gasteiger partial charge >= 0.3 is 157 Å². The topological polar surface area (TPSA) is 0 Å². The van der Waals surface area contributed by atoms with E-state index in [4.69, 9.17) is 0 Å². The van der Waals surface area contributed by atoms with Crippen LogP contribution >= 0.6 is 0 Å². The summed E-state index contributed by atoms with van der Waals surface area (Å²) in [5, 5.41) is 0. The molecule has 1 aliphatic heterocycles. The molecule has 0 radical (unpaired) electrons. The van der Waals surface area contributed by atoms with Crippen molar-refractivity contribution in [3.63, 3.8) is 0 Å². The Balaban J connectivity index is 0.00000105. The van der Waals surface area contributed by atoms with Crippen molar-refractivity contribution in [3.8, 4) is 0 Å². The minimum absolute atomic E-state index is 0. The van der Waals surface area contributed by atoms with Gasteiger partial charge in [-0.2, -0.15) is 0 Å². The molecule has 3 heteroatoms. The van der Waals surface area contributed by atoms with Crippen LogP contribution in [0.3, 0.4) is 0 Å². The summed E-state index contributed by atoms with van der Waals surface area (Å²) in [5.41, 5.74) is 9.55. The van der Waals surface area contributed by atoms with E-state index < -0.39 is 20.3 Å². The van der Waals surface area contributed by atoms with Crippen molar-refractivity contribution < 1.29 is 45.1 Å². The van der Waals surface area contributed by atoms with Crippen molar-refractivity contribution in [2.24, 2.45) is 0 Å². The SMILES string of the molecule is CC1=Cc2ccccc2[CH]1[Zr+2]1([CH]2C(C)=Cc3ccccc32)[CH](C)[CH]1C.[Cl-].[Cl-]. The third kappa shape index (κ3) is 2.72. The fourth-order valence-corrected chi connectivity index (χ4v) is 27.5. The van der Waals surface area contributed by atoms with E-state index in [1.807, 2.05) is 0 Å². The zero-order valence-electron chi connectivity index (χ0n) is 16.3. The summed E-state index contributed by atoms with van der Waals surface area (Å²) in [6, 6.07) is 18.4. The number of rotatable bonds is 2. The monoisotopic (exact) mass is 474 g/mol. The van der Waals surface area contributed by atoms with E-state index >= 15 is 0 Å². The molecule has 0 nitrogen and oxygen atoms in total. The number of hydrogen-bond donors (Lipinski definition) is 0. The van der Waals surface area contributed by atoms with Gasteiger partial charge in [0.05, 0.1) is 0 Å². The largest absolute Gasteiger partial charge is 1.00 e. The van der Waals surface area contributed by atoms with Crippen molar-refractivity contribution >= 4 is 12.2 Å². The van der Waals surface area contributed by atoms with Gasteiger partial charge in [0.1, 0.15) is 0 Å². The van der Waals surface area contributed by atoms with Crippen LogP contribution in [0.5, 0.6) is 0 Å². The van der Waals surface area contributed by atoms with Crippen molar-refractivity contribution in [2.45, 2.75) is 42.2 Å². The second-order valence-corrected chi connectivity index (χ2v) is 20.7. The molecule has 4 atom stereocenters. The number of fused-ring (bicyclic) bond motifs is 2. The zero-order valence-corrected chi connectivity index (χ0v) is 20.3. The first-order valence-electron chi connectivity index (χ1n) is 9.61. The molecule has 140 valence electrons. The van der Waals surface area contributed by atoms with Gasteiger partial charge in [0.25, 0.3) is 0 Å². The van der Waals surface area contributed by atoms with Crippen molar-refractivity contribution in [3.05, 3.63) is 81.9 Å². The van der Waals surface area contributed by atoms with Crippen LogP contribution in [0.2, 0.25) is 7.25 Å². The summed E-state index contributed by atoms with van der Waals surface area (Å²) in [4.78, 5) is 0. The van der Waals surface area contributed by atoms with E-state index in [0.29, 0.717) is 0 Å². The minimum atomic E-state index is -2.52. The maximum Gasteiger partial charge on any atom is -1.00 e. The second kappa shape index (κ2) is 7.33. The van der Waals surface area contributed by atoms with Crippen molar-refractivity contribution in [1.82, 2.24) is 0 Å². The average Bonchev–Trinajstić information content (AvgIpc) is 2.91. The predicted octanol–water partition coefficient (Wildman–Crippen LogP) is 1.10. The first kappa shape index (κ1) is 21.1. The maximum atomic E-state index is 2.57. The van der Waals surface area contributed by atoms with Gasteiger partial charge in [0.2, 0.25) is 0 Å². The van der Waals surface area contributed by atoms with Gasteiger partial charge in [-0.05, 0) is 0 Å². The van der Waals surface area contributed by atoms with Crippen LogP contribution in [-0.4, -0.2) is 0 Å². The van der Waals surface area contributed by atoms with Gasteiger partial charge in [-0.1, -0.05) is 0 Å². The molecule has 1 saturated heterocycles. The molecule has 2 aromatic carbocycles. The Bertz CT molecular complexity index is 865. The second-order valence-electron chi connectivity index (χ2n) is 8.48.